The van der Waals surface area contributed by atoms with Gasteiger partial charge in [0.1, 0.15) is 5.41 Å². The quantitative estimate of drug-likeness (QED) is 0.731. The molecule has 0 aromatic heterocycles. The summed E-state index contributed by atoms with van der Waals surface area (Å²) in [4.78, 5) is 10.5. The number of halogens is 4. The molecule has 0 aliphatic heterocycles. The van der Waals surface area contributed by atoms with Gasteiger partial charge in [-0.25, -0.2) is 17.6 Å². The molecule has 0 amide bonds. The zero-order chi connectivity index (χ0) is 11.3. The van der Waals surface area contributed by atoms with Crippen molar-refractivity contribution in [1.29, 1.82) is 0 Å². The molecule has 0 spiro atoms. The van der Waals surface area contributed by atoms with Crippen LogP contribution in [0.15, 0.2) is 0 Å². The molecule has 0 bridgehead atoms. The number of alkyl halides is 4. The van der Waals surface area contributed by atoms with Gasteiger partial charge in [-0.3, -0.25) is 4.79 Å². The molecule has 14 heavy (non-hydrogen) atoms. The van der Waals surface area contributed by atoms with Gasteiger partial charge in [0.05, 0.1) is 5.92 Å². The van der Waals surface area contributed by atoms with E-state index in [1.807, 2.05) is 0 Å². The van der Waals surface area contributed by atoms with E-state index in [0.29, 0.717) is 0 Å². The minimum absolute atomic E-state index is 1.13. The Labute approximate surface area is 77.9 Å². The molecule has 82 valence electrons. The normalized spacial score (nSPS) is 28.1. The monoisotopic (exact) mass is 214 g/mol. The third kappa shape index (κ3) is 0.994. The second-order valence-corrected chi connectivity index (χ2v) is 4.03. The summed E-state index contributed by atoms with van der Waals surface area (Å²) in [6.45, 7) is 2.26. The molecule has 2 nitrogen and oxygen atoms in total. The molecular formula is C8H10F4O2. The van der Waals surface area contributed by atoms with Gasteiger partial charge in [-0.15, -0.1) is 0 Å². The molecule has 0 aromatic carbocycles. The fourth-order valence-corrected chi connectivity index (χ4v) is 2.25. The maximum atomic E-state index is 12.5. The highest BCUT2D eigenvalue weighted by Gasteiger charge is 2.83. The lowest BCUT2D eigenvalue weighted by atomic mass is 9.97. The Morgan fingerprint density at radius 2 is 1.57 bits per heavy atom. The van der Waals surface area contributed by atoms with Crippen LogP contribution < -0.4 is 0 Å². The van der Waals surface area contributed by atoms with E-state index in [9.17, 15) is 22.4 Å². The third-order valence-corrected chi connectivity index (χ3v) is 3.20. The Balaban J connectivity index is 3.10. The Hall–Kier alpha value is -0.810. The second kappa shape index (κ2) is 2.84. The summed E-state index contributed by atoms with van der Waals surface area (Å²) >= 11 is 0. The first-order valence-corrected chi connectivity index (χ1v) is 3.99. The Kier molecular flexibility index (Phi) is 2.28. The Bertz CT molecular complexity index is 254. The predicted molar refractivity (Wildman–Crippen MR) is 39.3 cm³/mol. The number of carbonyl (C=O) groups is 1. The molecule has 1 fully saturated rings. The van der Waals surface area contributed by atoms with Crippen LogP contribution in [0.2, 0.25) is 0 Å². The molecule has 0 radical (unpaired) electrons. The number of rotatable bonds is 3. The minimum Gasteiger partial charge on any atom is -0.481 e. The van der Waals surface area contributed by atoms with Crippen LogP contribution in [0, 0.1) is 16.7 Å². The summed E-state index contributed by atoms with van der Waals surface area (Å²) in [6.07, 6.45) is -6.64. The number of carboxylic acid groups (broad SMARTS) is 1. The highest BCUT2D eigenvalue weighted by molar-refractivity contribution is 5.77. The lowest BCUT2D eigenvalue weighted by molar-refractivity contribution is -0.143. The van der Waals surface area contributed by atoms with Gasteiger partial charge in [0.15, 0.2) is 0 Å². The summed E-state index contributed by atoms with van der Waals surface area (Å²) in [5.41, 5.74) is -4.24. The molecule has 0 heterocycles. The molecule has 1 N–H and O–H groups in total. The van der Waals surface area contributed by atoms with Crippen LogP contribution in [-0.4, -0.2) is 23.9 Å². The summed E-state index contributed by atoms with van der Waals surface area (Å²) in [6, 6.07) is 0. The van der Waals surface area contributed by atoms with Crippen LogP contribution in [0.1, 0.15) is 13.8 Å². The SMILES string of the molecule is CC1(C)C(C(=O)O)C1(C(F)F)C(F)F. The van der Waals surface area contributed by atoms with Gasteiger partial charge >= 0.3 is 5.97 Å². The van der Waals surface area contributed by atoms with Crippen LogP contribution in [0.5, 0.6) is 0 Å². The minimum atomic E-state index is -3.32. The largest absolute Gasteiger partial charge is 0.481 e. The Morgan fingerprint density at radius 3 is 1.64 bits per heavy atom. The molecule has 6 heteroatoms. The molecular weight excluding hydrogens is 204 g/mol. The van der Waals surface area contributed by atoms with Gasteiger partial charge in [-0.05, 0) is 5.41 Å². The predicted octanol–water partition coefficient (Wildman–Crippen LogP) is 2.24. The Morgan fingerprint density at radius 1 is 1.21 bits per heavy atom. The van der Waals surface area contributed by atoms with Crippen LogP contribution in [0.4, 0.5) is 17.6 Å². The van der Waals surface area contributed by atoms with E-state index >= 15 is 0 Å². The highest BCUT2D eigenvalue weighted by atomic mass is 19.3. The van der Waals surface area contributed by atoms with E-state index in [1.54, 1.807) is 0 Å². The standard InChI is InChI=1S/C8H10F4O2/c1-7(2)3(4(13)14)8(7,5(9)10)6(11)12/h3,5-6H,1-2H3,(H,13,14). The van der Waals surface area contributed by atoms with E-state index in [2.05, 4.69) is 0 Å². The maximum absolute atomic E-state index is 12.5. The third-order valence-electron chi connectivity index (χ3n) is 3.20. The fraction of sp³-hybridized carbons (Fsp3) is 0.875. The van der Waals surface area contributed by atoms with Gasteiger partial charge in [0.2, 0.25) is 0 Å². The summed E-state index contributed by atoms with van der Waals surface area (Å²) in [7, 11) is 0. The van der Waals surface area contributed by atoms with Crippen molar-refractivity contribution in [3.05, 3.63) is 0 Å². The molecule has 1 atom stereocenters. The molecule has 1 aliphatic carbocycles. The lowest BCUT2D eigenvalue weighted by Crippen LogP contribution is -2.29. The summed E-state index contributed by atoms with van der Waals surface area (Å²) in [5.74, 6) is -3.26. The van der Waals surface area contributed by atoms with Gasteiger partial charge in [0.25, 0.3) is 12.9 Å². The first-order valence-electron chi connectivity index (χ1n) is 3.99. The van der Waals surface area contributed by atoms with Crippen molar-refractivity contribution in [2.24, 2.45) is 16.7 Å². The molecule has 1 unspecified atom stereocenters. The molecule has 1 saturated carbocycles. The van der Waals surface area contributed by atoms with Gasteiger partial charge < -0.3 is 5.11 Å². The first-order chi connectivity index (χ1) is 6.20. The van der Waals surface area contributed by atoms with Crippen molar-refractivity contribution in [3.63, 3.8) is 0 Å². The van der Waals surface area contributed by atoms with Crippen molar-refractivity contribution < 1.29 is 27.5 Å². The second-order valence-electron chi connectivity index (χ2n) is 4.03. The van der Waals surface area contributed by atoms with Crippen molar-refractivity contribution >= 4 is 5.97 Å². The van der Waals surface area contributed by atoms with Gasteiger partial charge in [0, 0.05) is 0 Å². The van der Waals surface area contributed by atoms with Crippen molar-refractivity contribution in [1.82, 2.24) is 0 Å². The van der Waals surface area contributed by atoms with Crippen LogP contribution in [-0.2, 0) is 4.79 Å². The fourth-order valence-electron chi connectivity index (χ4n) is 2.25. The smallest absolute Gasteiger partial charge is 0.308 e. The van der Waals surface area contributed by atoms with Crippen molar-refractivity contribution in [2.75, 3.05) is 0 Å². The zero-order valence-electron chi connectivity index (χ0n) is 7.60. The van der Waals surface area contributed by atoms with E-state index in [4.69, 9.17) is 5.11 Å². The van der Waals surface area contributed by atoms with Crippen LogP contribution in [0.25, 0.3) is 0 Å². The molecule has 1 aliphatic rings. The summed E-state index contributed by atoms with van der Waals surface area (Å²) < 4.78 is 50.0. The molecule has 0 saturated heterocycles. The number of hydrogen-bond donors (Lipinski definition) is 1. The van der Waals surface area contributed by atoms with E-state index < -0.39 is 35.6 Å². The topological polar surface area (TPSA) is 37.3 Å². The van der Waals surface area contributed by atoms with Crippen molar-refractivity contribution in [2.45, 2.75) is 26.7 Å². The maximum Gasteiger partial charge on any atom is 0.308 e. The zero-order valence-corrected chi connectivity index (χ0v) is 7.60. The van der Waals surface area contributed by atoms with E-state index in [0.717, 1.165) is 13.8 Å². The molecule has 0 aromatic rings. The van der Waals surface area contributed by atoms with Crippen molar-refractivity contribution in [3.8, 4) is 0 Å². The van der Waals surface area contributed by atoms with Crippen LogP contribution in [0.3, 0.4) is 0 Å². The molecule has 1 rings (SSSR count). The average molecular weight is 214 g/mol. The van der Waals surface area contributed by atoms with Gasteiger partial charge in [-0.1, -0.05) is 13.8 Å². The summed E-state index contributed by atoms with van der Waals surface area (Å²) in [5, 5.41) is 8.56. The van der Waals surface area contributed by atoms with Crippen LogP contribution >= 0.6 is 0 Å². The highest BCUT2D eigenvalue weighted by Crippen LogP contribution is 2.74. The average Bonchev–Trinajstić information content (AvgIpc) is 2.48. The number of hydrogen-bond acceptors (Lipinski definition) is 1. The lowest BCUT2D eigenvalue weighted by Gasteiger charge is -2.17. The number of aliphatic carboxylic acids is 1. The number of carboxylic acids is 1. The first kappa shape index (κ1) is 11.3. The van der Waals surface area contributed by atoms with E-state index in [-0.39, 0.29) is 0 Å². The van der Waals surface area contributed by atoms with E-state index in [1.165, 1.54) is 0 Å². The van der Waals surface area contributed by atoms with Gasteiger partial charge in [-0.2, -0.15) is 0 Å².